The molecule has 0 aliphatic carbocycles. The number of aromatic nitrogens is 1. The number of nitrogens with zero attached hydrogens (tertiary/aromatic N) is 2. The number of sulfonamides is 1. The smallest absolute Gasteiger partial charge is 0.265 e. The number of carbonyl (C=O) groups excluding carboxylic acids is 1. The lowest BCUT2D eigenvalue weighted by atomic mass is 10.1. The Bertz CT molecular complexity index is 1390. The second-order valence-corrected chi connectivity index (χ2v) is 9.91. The van der Waals surface area contributed by atoms with Crippen LogP contribution in [0.25, 0.3) is 22.0 Å². The van der Waals surface area contributed by atoms with Crippen molar-refractivity contribution in [3.8, 4) is 11.3 Å². The van der Waals surface area contributed by atoms with Crippen LogP contribution in [0.1, 0.15) is 5.01 Å². The SMILES string of the molecule is Cc1nc(-c2ccc(NC(=O)CN3c4cccc5cccc(c45)S3(=O)=O)cc2)cs1. The number of aryl methyl sites for hydroxylation is 1. The summed E-state index contributed by atoms with van der Waals surface area (Å²) in [5, 5.41) is 7.26. The monoisotopic (exact) mass is 435 g/mol. The second kappa shape index (κ2) is 6.93. The summed E-state index contributed by atoms with van der Waals surface area (Å²) in [7, 11) is -3.76. The van der Waals surface area contributed by atoms with Crippen LogP contribution in [0, 0.1) is 6.92 Å². The number of carbonyl (C=O) groups is 1. The van der Waals surface area contributed by atoms with E-state index in [1.807, 2.05) is 36.6 Å². The summed E-state index contributed by atoms with van der Waals surface area (Å²) in [4.78, 5) is 17.4. The molecule has 6 nitrogen and oxygen atoms in total. The van der Waals surface area contributed by atoms with Crippen LogP contribution in [-0.2, 0) is 14.8 Å². The van der Waals surface area contributed by atoms with Gasteiger partial charge in [0.25, 0.3) is 10.0 Å². The molecule has 3 aromatic carbocycles. The molecule has 1 amide bonds. The van der Waals surface area contributed by atoms with Crippen LogP contribution < -0.4 is 9.62 Å². The highest BCUT2D eigenvalue weighted by Gasteiger charge is 2.36. The molecule has 0 spiro atoms. The molecular weight excluding hydrogens is 418 g/mol. The van der Waals surface area contributed by atoms with E-state index in [9.17, 15) is 13.2 Å². The number of hydrogen-bond donors (Lipinski definition) is 1. The number of benzene rings is 3. The quantitative estimate of drug-likeness (QED) is 0.515. The molecule has 0 saturated carbocycles. The van der Waals surface area contributed by atoms with E-state index in [-0.39, 0.29) is 11.4 Å². The van der Waals surface area contributed by atoms with Crippen molar-refractivity contribution < 1.29 is 13.2 Å². The lowest BCUT2D eigenvalue weighted by molar-refractivity contribution is -0.114. The van der Waals surface area contributed by atoms with Crippen LogP contribution in [0.5, 0.6) is 0 Å². The maximum absolute atomic E-state index is 13.0. The van der Waals surface area contributed by atoms with Crippen molar-refractivity contribution in [2.24, 2.45) is 0 Å². The first-order valence-corrected chi connectivity index (χ1v) is 11.6. The van der Waals surface area contributed by atoms with Gasteiger partial charge in [-0.3, -0.25) is 9.10 Å². The van der Waals surface area contributed by atoms with Gasteiger partial charge < -0.3 is 5.32 Å². The van der Waals surface area contributed by atoms with Crippen molar-refractivity contribution in [3.63, 3.8) is 0 Å². The first-order valence-electron chi connectivity index (χ1n) is 9.30. The van der Waals surface area contributed by atoms with Gasteiger partial charge >= 0.3 is 0 Å². The molecule has 0 unspecified atom stereocenters. The molecule has 0 atom stereocenters. The van der Waals surface area contributed by atoms with Gasteiger partial charge in [-0.05, 0) is 36.6 Å². The Balaban J connectivity index is 1.37. The predicted octanol–water partition coefficient (Wildman–Crippen LogP) is 4.42. The van der Waals surface area contributed by atoms with Gasteiger partial charge in [0, 0.05) is 22.0 Å². The average Bonchev–Trinajstić information content (AvgIpc) is 3.25. The predicted molar refractivity (Wildman–Crippen MR) is 119 cm³/mol. The van der Waals surface area contributed by atoms with Gasteiger partial charge in [-0.15, -0.1) is 11.3 Å². The number of amides is 1. The Morgan fingerprint density at radius 3 is 2.50 bits per heavy atom. The molecule has 4 aromatic rings. The summed E-state index contributed by atoms with van der Waals surface area (Å²) < 4.78 is 27.2. The van der Waals surface area contributed by atoms with E-state index in [0.717, 1.165) is 21.7 Å². The van der Waals surface area contributed by atoms with Gasteiger partial charge in [0.2, 0.25) is 5.91 Å². The molecule has 30 heavy (non-hydrogen) atoms. The van der Waals surface area contributed by atoms with E-state index < -0.39 is 15.9 Å². The van der Waals surface area contributed by atoms with Crippen LogP contribution in [0.15, 0.2) is 70.9 Å². The van der Waals surface area contributed by atoms with Gasteiger partial charge in [0.05, 0.1) is 21.3 Å². The molecule has 150 valence electrons. The Hall–Kier alpha value is -3.23. The molecule has 1 aliphatic rings. The largest absolute Gasteiger partial charge is 0.325 e. The molecule has 0 bridgehead atoms. The number of thiazole rings is 1. The van der Waals surface area contributed by atoms with E-state index in [1.54, 1.807) is 47.7 Å². The van der Waals surface area contributed by atoms with E-state index in [0.29, 0.717) is 16.8 Å². The van der Waals surface area contributed by atoms with Gasteiger partial charge in [0.1, 0.15) is 6.54 Å². The van der Waals surface area contributed by atoms with E-state index in [2.05, 4.69) is 10.3 Å². The van der Waals surface area contributed by atoms with E-state index in [4.69, 9.17) is 0 Å². The van der Waals surface area contributed by atoms with Crippen LogP contribution in [0.2, 0.25) is 0 Å². The van der Waals surface area contributed by atoms with Gasteiger partial charge in [0.15, 0.2) is 0 Å². The highest BCUT2D eigenvalue weighted by atomic mass is 32.2. The minimum Gasteiger partial charge on any atom is -0.325 e. The first kappa shape index (κ1) is 18.8. The minimum absolute atomic E-state index is 0.242. The maximum Gasteiger partial charge on any atom is 0.265 e. The maximum atomic E-state index is 13.0. The second-order valence-electron chi connectivity index (χ2n) is 7.02. The van der Waals surface area contributed by atoms with Crippen molar-refractivity contribution in [2.45, 2.75) is 11.8 Å². The highest BCUT2D eigenvalue weighted by Crippen LogP contribution is 2.41. The highest BCUT2D eigenvalue weighted by molar-refractivity contribution is 7.93. The van der Waals surface area contributed by atoms with Crippen molar-refractivity contribution >= 4 is 49.4 Å². The Morgan fingerprint density at radius 1 is 1.07 bits per heavy atom. The Kier molecular flexibility index (Phi) is 4.34. The normalized spacial score (nSPS) is 14.2. The summed E-state index contributed by atoms with van der Waals surface area (Å²) >= 11 is 1.58. The van der Waals surface area contributed by atoms with Crippen molar-refractivity contribution in [1.29, 1.82) is 0 Å². The van der Waals surface area contributed by atoms with Crippen LogP contribution in [-0.4, -0.2) is 25.9 Å². The summed E-state index contributed by atoms with van der Waals surface area (Å²) in [6.45, 7) is 1.66. The van der Waals surface area contributed by atoms with Crippen molar-refractivity contribution in [3.05, 3.63) is 71.1 Å². The number of hydrogen-bond acceptors (Lipinski definition) is 5. The summed E-state index contributed by atoms with van der Waals surface area (Å²) in [5.41, 5.74) is 2.99. The fourth-order valence-corrected chi connectivity index (χ4v) is 5.97. The minimum atomic E-state index is -3.76. The van der Waals surface area contributed by atoms with Gasteiger partial charge in [-0.2, -0.15) is 0 Å². The third-order valence-electron chi connectivity index (χ3n) is 5.05. The molecular formula is C22H17N3O3S2. The van der Waals surface area contributed by atoms with Crippen LogP contribution in [0.4, 0.5) is 11.4 Å². The standard InChI is InChI=1S/C22H17N3O3S2/c1-14-23-18(13-29-14)15-8-10-17(11-9-15)24-21(26)12-25-19-6-2-4-16-5-3-7-20(22(16)19)30(25,27)28/h2-11,13H,12H2,1H3,(H,24,26). The van der Waals surface area contributed by atoms with Crippen LogP contribution >= 0.6 is 11.3 Å². The van der Waals surface area contributed by atoms with Gasteiger partial charge in [-0.25, -0.2) is 13.4 Å². The summed E-state index contributed by atoms with van der Waals surface area (Å²) in [6.07, 6.45) is 0. The lowest BCUT2D eigenvalue weighted by Gasteiger charge is -2.18. The molecule has 0 radical (unpaired) electrons. The molecule has 1 aliphatic heterocycles. The lowest BCUT2D eigenvalue weighted by Crippen LogP contribution is -2.35. The molecule has 2 heterocycles. The van der Waals surface area contributed by atoms with Crippen molar-refractivity contribution in [2.75, 3.05) is 16.2 Å². The zero-order valence-corrected chi connectivity index (χ0v) is 17.6. The van der Waals surface area contributed by atoms with E-state index in [1.165, 1.54) is 4.31 Å². The third-order valence-corrected chi connectivity index (χ3v) is 7.63. The topological polar surface area (TPSA) is 79.4 Å². The summed E-state index contributed by atoms with van der Waals surface area (Å²) in [5.74, 6) is -0.402. The van der Waals surface area contributed by atoms with E-state index >= 15 is 0 Å². The molecule has 1 N–H and O–H groups in total. The Morgan fingerprint density at radius 2 is 1.80 bits per heavy atom. The molecule has 1 aromatic heterocycles. The molecule has 0 saturated heterocycles. The number of rotatable bonds is 4. The number of anilines is 2. The van der Waals surface area contributed by atoms with Crippen LogP contribution in [0.3, 0.4) is 0 Å². The third kappa shape index (κ3) is 3.05. The molecule has 5 rings (SSSR count). The van der Waals surface area contributed by atoms with Gasteiger partial charge in [-0.1, -0.05) is 36.4 Å². The average molecular weight is 436 g/mol. The zero-order valence-electron chi connectivity index (χ0n) is 16.0. The molecule has 0 fully saturated rings. The van der Waals surface area contributed by atoms with Crippen molar-refractivity contribution in [1.82, 2.24) is 4.98 Å². The zero-order chi connectivity index (χ0) is 20.9. The first-order chi connectivity index (χ1) is 14.4. The number of nitrogens with one attached hydrogen (secondary N) is 1. The Labute approximate surface area is 177 Å². The fraction of sp³-hybridized carbons (Fsp3) is 0.0909. The summed E-state index contributed by atoms with van der Waals surface area (Å²) in [6, 6.07) is 17.9. The molecule has 8 heteroatoms. The fourth-order valence-electron chi connectivity index (χ4n) is 3.68.